The molecule has 0 bridgehead atoms. The van der Waals surface area contributed by atoms with Crippen molar-refractivity contribution in [3.8, 4) is 0 Å². The van der Waals surface area contributed by atoms with Gasteiger partial charge in [-0.25, -0.2) is 0 Å². The van der Waals surface area contributed by atoms with Crippen LogP contribution in [0.5, 0.6) is 0 Å². The standard InChI is InChI=1S/C11H18BNO/c1-3-13-9(2)4-5-10(13)6-7-11(14)8-12/h6-7,10-11,14H,2-5,8H2,1H3/t10-,11?/m1/s1. The first kappa shape index (κ1) is 11.4. The number of rotatable bonds is 4. The van der Waals surface area contributed by atoms with Crippen LogP contribution in [0.3, 0.4) is 0 Å². The molecule has 1 N–H and O–H groups in total. The van der Waals surface area contributed by atoms with Gasteiger partial charge in [0.25, 0.3) is 0 Å². The molecule has 1 unspecified atom stereocenters. The fourth-order valence-corrected chi connectivity index (χ4v) is 1.84. The van der Waals surface area contributed by atoms with Crippen molar-refractivity contribution in [1.82, 2.24) is 4.90 Å². The number of likely N-dealkylation sites (tertiary alicyclic amines) is 1. The van der Waals surface area contributed by atoms with Crippen molar-refractivity contribution < 1.29 is 5.11 Å². The number of likely N-dealkylation sites (N-methyl/N-ethyl adjacent to an activating group) is 1. The first-order valence-electron chi connectivity index (χ1n) is 5.20. The number of hydrogen-bond donors (Lipinski definition) is 1. The molecule has 3 heteroatoms. The van der Waals surface area contributed by atoms with Crippen LogP contribution in [-0.4, -0.2) is 36.5 Å². The summed E-state index contributed by atoms with van der Waals surface area (Å²) in [6.45, 7) is 7.11. The van der Waals surface area contributed by atoms with E-state index in [1.807, 2.05) is 6.08 Å². The van der Waals surface area contributed by atoms with Gasteiger partial charge in [0.2, 0.25) is 0 Å². The molecule has 0 aliphatic carbocycles. The zero-order valence-electron chi connectivity index (χ0n) is 8.82. The summed E-state index contributed by atoms with van der Waals surface area (Å²) in [4.78, 5) is 2.26. The average Bonchev–Trinajstić information content (AvgIpc) is 2.55. The third kappa shape index (κ3) is 2.64. The summed E-state index contributed by atoms with van der Waals surface area (Å²) in [5, 5.41) is 9.29. The van der Waals surface area contributed by atoms with Gasteiger partial charge in [-0.15, -0.1) is 0 Å². The van der Waals surface area contributed by atoms with Crippen LogP contribution < -0.4 is 0 Å². The molecule has 1 aliphatic heterocycles. The Kier molecular flexibility index (Phi) is 4.27. The highest BCUT2D eigenvalue weighted by Gasteiger charge is 2.22. The molecule has 0 aromatic heterocycles. The summed E-state index contributed by atoms with van der Waals surface area (Å²) in [7, 11) is 5.32. The fraction of sp³-hybridized carbons (Fsp3) is 0.636. The van der Waals surface area contributed by atoms with Crippen LogP contribution in [0.15, 0.2) is 24.4 Å². The van der Waals surface area contributed by atoms with Gasteiger partial charge in [0.15, 0.2) is 0 Å². The van der Waals surface area contributed by atoms with Crippen LogP contribution in [-0.2, 0) is 0 Å². The third-order valence-electron chi connectivity index (χ3n) is 2.67. The molecule has 0 spiro atoms. The zero-order chi connectivity index (χ0) is 10.6. The first-order chi connectivity index (χ1) is 6.69. The highest BCUT2D eigenvalue weighted by Crippen LogP contribution is 2.26. The predicted octanol–water partition coefficient (Wildman–Crippen LogP) is 1.49. The minimum Gasteiger partial charge on any atom is -0.390 e. The molecule has 1 rings (SSSR count). The van der Waals surface area contributed by atoms with Gasteiger partial charge in [-0.1, -0.05) is 25.1 Å². The second-order valence-corrected chi connectivity index (χ2v) is 3.65. The van der Waals surface area contributed by atoms with Crippen LogP contribution in [0.2, 0.25) is 6.32 Å². The SMILES string of the molecule is [B]CC(O)C=C[C@H]1CCC(=C)N1CC. The van der Waals surface area contributed by atoms with Crippen LogP contribution in [0.25, 0.3) is 0 Å². The van der Waals surface area contributed by atoms with Gasteiger partial charge in [0.05, 0.1) is 14.0 Å². The summed E-state index contributed by atoms with van der Waals surface area (Å²) in [6, 6.07) is 0.397. The van der Waals surface area contributed by atoms with Crippen molar-refractivity contribution in [3.63, 3.8) is 0 Å². The molecular formula is C11H18BNO. The van der Waals surface area contributed by atoms with Crippen LogP contribution in [0, 0.1) is 0 Å². The summed E-state index contributed by atoms with van der Waals surface area (Å²) in [6.07, 6.45) is 5.76. The van der Waals surface area contributed by atoms with Gasteiger partial charge in [-0.2, -0.15) is 0 Å². The maximum atomic E-state index is 9.29. The molecule has 76 valence electrons. The lowest BCUT2D eigenvalue weighted by Gasteiger charge is -2.23. The second kappa shape index (κ2) is 5.25. The molecule has 14 heavy (non-hydrogen) atoms. The van der Waals surface area contributed by atoms with Crippen molar-refractivity contribution in [1.29, 1.82) is 0 Å². The van der Waals surface area contributed by atoms with E-state index in [2.05, 4.69) is 18.4 Å². The first-order valence-corrected chi connectivity index (χ1v) is 5.20. The normalized spacial score (nSPS) is 24.9. The molecule has 0 aromatic rings. The van der Waals surface area contributed by atoms with Crippen molar-refractivity contribution in [2.45, 2.75) is 38.2 Å². The second-order valence-electron chi connectivity index (χ2n) is 3.65. The Morgan fingerprint density at radius 3 is 3.07 bits per heavy atom. The fourth-order valence-electron chi connectivity index (χ4n) is 1.84. The quantitative estimate of drug-likeness (QED) is 0.537. The maximum absolute atomic E-state index is 9.29. The monoisotopic (exact) mass is 191 g/mol. The zero-order valence-corrected chi connectivity index (χ0v) is 8.82. The Bertz CT molecular complexity index is 227. The topological polar surface area (TPSA) is 23.5 Å². The number of aliphatic hydroxyl groups is 1. The van der Waals surface area contributed by atoms with Gasteiger partial charge in [-0.3, -0.25) is 0 Å². The molecule has 0 saturated carbocycles. The molecule has 2 atom stereocenters. The smallest absolute Gasteiger partial charge is 0.0692 e. The maximum Gasteiger partial charge on any atom is 0.0692 e. The van der Waals surface area contributed by atoms with Crippen molar-refractivity contribution >= 4 is 7.85 Å². The molecule has 2 nitrogen and oxygen atoms in total. The summed E-state index contributed by atoms with van der Waals surface area (Å²) in [5.41, 5.74) is 1.20. The van der Waals surface area contributed by atoms with Gasteiger partial charge < -0.3 is 10.0 Å². The Morgan fingerprint density at radius 1 is 1.79 bits per heavy atom. The number of nitrogens with zero attached hydrogens (tertiary/aromatic N) is 1. The molecule has 0 amide bonds. The Labute approximate surface area is 87.7 Å². The van der Waals surface area contributed by atoms with Gasteiger partial charge in [0, 0.05) is 18.3 Å². The van der Waals surface area contributed by atoms with Crippen LogP contribution in [0.4, 0.5) is 0 Å². The minimum absolute atomic E-state index is 0.288. The Balaban J connectivity index is 2.52. The summed E-state index contributed by atoms with van der Waals surface area (Å²) < 4.78 is 0. The average molecular weight is 191 g/mol. The molecule has 2 radical (unpaired) electrons. The van der Waals surface area contributed by atoms with E-state index < -0.39 is 6.10 Å². The van der Waals surface area contributed by atoms with E-state index in [1.165, 1.54) is 5.70 Å². The van der Waals surface area contributed by atoms with Gasteiger partial charge >= 0.3 is 0 Å². The number of allylic oxidation sites excluding steroid dienone is 1. The lowest BCUT2D eigenvalue weighted by atomic mass is 9.99. The Hall–Kier alpha value is -0.695. The van der Waals surface area contributed by atoms with Gasteiger partial charge in [0.1, 0.15) is 0 Å². The minimum atomic E-state index is -0.512. The molecule has 1 heterocycles. The molecule has 1 fully saturated rings. The largest absolute Gasteiger partial charge is 0.390 e. The highest BCUT2D eigenvalue weighted by atomic mass is 16.3. The van der Waals surface area contributed by atoms with E-state index in [0.29, 0.717) is 6.04 Å². The van der Waals surface area contributed by atoms with E-state index in [9.17, 15) is 5.11 Å². The summed E-state index contributed by atoms with van der Waals surface area (Å²) >= 11 is 0. The van der Waals surface area contributed by atoms with E-state index in [1.54, 1.807) is 6.08 Å². The van der Waals surface area contributed by atoms with Crippen LogP contribution in [0.1, 0.15) is 19.8 Å². The molecular weight excluding hydrogens is 173 g/mol. The van der Waals surface area contributed by atoms with Crippen molar-refractivity contribution in [2.75, 3.05) is 6.54 Å². The molecule has 0 aromatic carbocycles. The van der Waals surface area contributed by atoms with E-state index >= 15 is 0 Å². The predicted molar refractivity (Wildman–Crippen MR) is 60.2 cm³/mol. The van der Waals surface area contributed by atoms with E-state index in [4.69, 9.17) is 7.85 Å². The number of hydrogen-bond acceptors (Lipinski definition) is 2. The molecule has 1 aliphatic rings. The van der Waals surface area contributed by atoms with E-state index in [-0.39, 0.29) is 6.32 Å². The Morgan fingerprint density at radius 2 is 2.50 bits per heavy atom. The van der Waals surface area contributed by atoms with Crippen LogP contribution >= 0.6 is 0 Å². The highest BCUT2D eigenvalue weighted by molar-refractivity contribution is 6.08. The third-order valence-corrected chi connectivity index (χ3v) is 2.67. The lowest BCUT2D eigenvalue weighted by molar-refractivity contribution is 0.242. The van der Waals surface area contributed by atoms with E-state index in [0.717, 1.165) is 19.4 Å². The van der Waals surface area contributed by atoms with Gasteiger partial charge in [-0.05, 0) is 19.8 Å². The number of aliphatic hydroxyl groups excluding tert-OH is 1. The van der Waals surface area contributed by atoms with Crippen molar-refractivity contribution in [2.24, 2.45) is 0 Å². The lowest BCUT2D eigenvalue weighted by Crippen LogP contribution is -2.26. The molecule has 1 saturated heterocycles. The summed E-state index contributed by atoms with van der Waals surface area (Å²) in [5.74, 6) is 0. The van der Waals surface area contributed by atoms with Crippen molar-refractivity contribution in [3.05, 3.63) is 24.4 Å².